The number of hydrogen-bond acceptors (Lipinski definition) is 1. The average Bonchev–Trinajstić information content (AvgIpc) is 2.23. The zero-order valence-electron chi connectivity index (χ0n) is 10.1. The molecule has 1 heteroatoms. The van der Waals surface area contributed by atoms with Crippen LogP contribution in [0.2, 0.25) is 0 Å². The Labute approximate surface area is 98.3 Å². The Hall–Kier alpha value is -0.980. The summed E-state index contributed by atoms with van der Waals surface area (Å²) in [5.41, 5.74) is 2.94. The minimum atomic E-state index is 0.639. The van der Waals surface area contributed by atoms with Gasteiger partial charge in [-0.15, -0.1) is 0 Å². The molecule has 1 nitrogen and oxygen atoms in total. The summed E-state index contributed by atoms with van der Waals surface area (Å²) in [7, 11) is 0. The Balaban J connectivity index is 1.82. The fourth-order valence-corrected chi connectivity index (χ4v) is 3.22. The molecule has 1 aliphatic heterocycles. The maximum absolute atomic E-state index is 3.60. The zero-order chi connectivity index (χ0) is 11.0. The lowest BCUT2D eigenvalue weighted by Gasteiger charge is -2.36. The van der Waals surface area contributed by atoms with Gasteiger partial charge in [0.25, 0.3) is 0 Å². The Kier molecular flexibility index (Phi) is 2.62. The second-order valence-electron chi connectivity index (χ2n) is 5.60. The summed E-state index contributed by atoms with van der Waals surface area (Å²) in [6, 6.07) is 9.52. The third-order valence-electron chi connectivity index (χ3n) is 4.28. The molecule has 0 radical (unpaired) electrons. The third kappa shape index (κ3) is 1.83. The largest absolute Gasteiger partial charge is 0.382 e. The van der Waals surface area contributed by atoms with Gasteiger partial charge in [-0.05, 0) is 43.2 Å². The van der Waals surface area contributed by atoms with E-state index in [2.05, 4.69) is 36.5 Å². The fourth-order valence-electron chi connectivity index (χ4n) is 3.22. The molecule has 0 spiro atoms. The quantitative estimate of drug-likeness (QED) is 0.781. The molecule has 1 N–H and O–H groups in total. The lowest BCUT2D eigenvalue weighted by molar-refractivity contribution is 0.267. The number of rotatable bonds is 2. The van der Waals surface area contributed by atoms with Crippen molar-refractivity contribution in [2.24, 2.45) is 5.92 Å². The van der Waals surface area contributed by atoms with Gasteiger partial charge in [0.15, 0.2) is 0 Å². The third-order valence-corrected chi connectivity index (χ3v) is 4.28. The first kappa shape index (κ1) is 10.2. The lowest BCUT2D eigenvalue weighted by Crippen LogP contribution is -2.27. The molecule has 0 saturated heterocycles. The van der Waals surface area contributed by atoms with Crippen LogP contribution in [-0.4, -0.2) is 6.04 Å². The van der Waals surface area contributed by atoms with E-state index < -0.39 is 0 Å². The molecule has 2 atom stereocenters. The number of fused-ring (bicyclic) bond motifs is 1. The Morgan fingerprint density at radius 1 is 1.25 bits per heavy atom. The second kappa shape index (κ2) is 4.12. The number of anilines is 1. The summed E-state index contributed by atoms with van der Waals surface area (Å²) in [5, 5.41) is 3.60. The number of benzene rings is 1. The van der Waals surface area contributed by atoms with E-state index in [0.29, 0.717) is 6.04 Å². The molecule has 2 unspecified atom stereocenters. The molecule has 1 aromatic carbocycles. The smallest absolute Gasteiger partial charge is 0.0377 e. The van der Waals surface area contributed by atoms with E-state index in [0.717, 1.165) is 11.8 Å². The molecule has 1 aliphatic carbocycles. The molecule has 0 bridgehead atoms. The highest BCUT2D eigenvalue weighted by Crippen LogP contribution is 2.42. The van der Waals surface area contributed by atoms with Gasteiger partial charge in [-0.25, -0.2) is 0 Å². The van der Waals surface area contributed by atoms with E-state index in [-0.39, 0.29) is 0 Å². The van der Waals surface area contributed by atoms with Gasteiger partial charge < -0.3 is 5.32 Å². The predicted molar refractivity (Wildman–Crippen MR) is 68.8 cm³/mol. The molecule has 0 aromatic heterocycles. The molecule has 2 aliphatic rings. The minimum absolute atomic E-state index is 0.639. The Bertz CT molecular complexity index is 367. The molecular formula is C15H21N. The summed E-state index contributed by atoms with van der Waals surface area (Å²) in [6.45, 7) is 2.31. The summed E-state index contributed by atoms with van der Waals surface area (Å²) >= 11 is 0. The SMILES string of the molecule is CC1CC(CC2CCC2)c2ccccc2N1. The summed E-state index contributed by atoms with van der Waals surface area (Å²) in [4.78, 5) is 0. The molecule has 86 valence electrons. The van der Waals surface area contributed by atoms with E-state index in [1.165, 1.54) is 37.8 Å². The van der Waals surface area contributed by atoms with Gasteiger partial charge in [-0.2, -0.15) is 0 Å². The van der Waals surface area contributed by atoms with Crippen molar-refractivity contribution in [3.8, 4) is 0 Å². The first-order valence-electron chi connectivity index (χ1n) is 6.68. The van der Waals surface area contributed by atoms with Crippen LogP contribution in [0.3, 0.4) is 0 Å². The summed E-state index contributed by atoms with van der Waals surface area (Å²) in [5.74, 6) is 1.82. The van der Waals surface area contributed by atoms with Crippen LogP contribution < -0.4 is 5.32 Å². The van der Waals surface area contributed by atoms with Crippen molar-refractivity contribution >= 4 is 5.69 Å². The first-order chi connectivity index (χ1) is 7.83. The average molecular weight is 215 g/mol. The summed E-state index contributed by atoms with van der Waals surface area (Å²) < 4.78 is 0. The standard InChI is InChI=1S/C15H21N/c1-11-9-13(10-12-5-4-6-12)14-7-2-3-8-15(14)16-11/h2-3,7-8,11-13,16H,4-6,9-10H2,1H3. The molecule has 3 rings (SSSR count). The van der Waals surface area contributed by atoms with E-state index in [9.17, 15) is 0 Å². The van der Waals surface area contributed by atoms with Crippen LogP contribution in [0.15, 0.2) is 24.3 Å². The second-order valence-corrected chi connectivity index (χ2v) is 5.60. The first-order valence-corrected chi connectivity index (χ1v) is 6.68. The van der Waals surface area contributed by atoms with Gasteiger partial charge in [0.2, 0.25) is 0 Å². The van der Waals surface area contributed by atoms with Crippen LogP contribution >= 0.6 is 0 Å². The van der Waals surface area contributed by atoms with Gasteiger partial charge in [-0.3, -0.25) is 0 Å². The molecule has 1 heterocycles. The molecule has 1 saturated carbocycles. The topological polar surface area (TPSA) is 12.0 Å². The van der Waals surface area contributed by atoms with Crippen molar-refractivity contribution in [2.45, 2.75) is 51.0 Å². The van der Waals surface area contributed by atoms with Crippen LogP contribution in [0.1, 0.15) is 50.5 Å². The fraction of sp³-hybridized carbons (Fsp3) is 0.600. The van der Waals surface area contributed by atoms with E-state index in [4.69, 9.17) is 0 Å². The van der Waals surface area contributed by atoms with Gasteiger partial charge in [-0.1, -0.05) is 37.5 Å². The number of nitrogens with one attached hydrogen (secondary N) is 1. The van der Waals surface area contributed by atoms with Crippen molar-refractivity contribution in [3.63, 3.8) is 0 Å². The van der Waals surface area contributed by atoms with Crippen LogP contribution in [0.5, 0.6) is 0 Å². The normalized spacial score (nSPS) is 29.1. The lowest BCUT2D eigenvalue weighted by atomic mass is 9.74. The van der Waals surface area contributed by atoms with Crippen LogP contribution in [0.25, 0.3) is 0 Å². The van der Waals surface area contributed by atoms with Crippen molar-refractivity contribution < 1.29 is 0 Å². The summed E-state index contributed by atoms with van der Waals surface area (Å²) in [6.07, 6.45) is 7.14. The van der Waals surface area contributed by atoms with Crippen LogP contribution in [0, 0.1) is 5.92 Å². The minimum Gasteiger partial charge on any atom is -0.382 e. The van der Waals surface area contributed by atoms with Gasteiger partial charge >= 0.3 is 0 Å². The number of para-hydroxylation sites is 1. The highest BCUT2D eigenvalue weighted by atomic mass is 14.9. The van der Waals surface area contributed by atoms with Crippen molar-refractivity contribution in [1.29, 1.82) is 0 Å². The van der Waals surface area contributed by atoms with Crippen LogP contribution in [-0.2, 0) is 0 Å². The molecule has 1 fully saturated rings. The predicted octanol–water partition coefficient (Wildman–Crippen LogP) is 4.16. The van der Waals surface area contributed by atoms with Gasteiger partial charge in [0.1, 0.15) is 0 Å². The Morgan fingerprint density at radius 2 is 2.06 bits per heavy atom. The monoisotopic (exact) mass is 215 g/mol. The van der Waals surface area contributed by atoms with E-state index in [1.54, 1.807) is 5.56 Å². The maximum Gasteiger partial charge on any atom is 0.0377 e. The van der Waals surface area contributed by atoms with Crippen molar-refractivity contribution in [1.82, 2.24) is 0 Å². The van der Waals surface area contributed by atoms with Crippen molar-refractivity contribution in [3.05, 3.63) is 29.8 Å². The number of hydrogen-bond donors (Lipinski definition) is 1. The maximum atomic E-state index is 3.60. The van der Waals surface area contributed by atoms with E-state index in [1.807, 2.05) is 0 Å². The van der Waals surface area contributed by atoms with Gasteiger partial charge in [0.05, 0.1) is 0 Å². The Morgan fingerprint density at radius 3 is 2.81 bits per heavy atom. The van der Waals surface area contributed by atoms with Crippen LogP contribution in [0.4, 0.5) is 5.69 Å². The molecule has 1 aromatic rings. The zero-order valence-corrected chi connectivity index (χ0v) is 10.1. The molecular weight excluding hydrogens is 194 g/mol. The highest BCUT2D eigenvalue weighted by Gasteiger charge is 2.28. The van der Waals surface area contributed by atoms with E-state index >= 15 is 0 Å². The van der Waals surface area contributed by atoms with Gasteiger partial charge in [0, 0.05) is 11.7 Å². The van der Waals surface area contributed by atoms with Crippen molar-refractivity contribution in [2.75, 3.05) is 5.32 Å². The molecule has 16 heavy (non-hydrogen) atoms. The molecule has 0 amide bonds. The highest BCUT2D eigenvalue weighted by molar-refractivity contribution is 5.55.